The van der Waals surface area contributed by atoms with Crippen molar-refractivity contribution in [3.05, 3.63) is 212 Å². The standard InChI is InChI=1S/C52H35NO/c1-2-14-37(15-3-1)46-23-6-8-28-50(46)53(42-32-30-38(31-33-42)45-25-12-17-36-16-4-5-22-44(36)45)43-21-11-19-40(35-43)39-18-10-20-41(34-39)47-26-13-27-49-48-24-7-9-29-51(48)54-52(47)49/h1-35H. The van der Waals surface area contributed by atoms with Gasteiger partial charge in [-0.25, -0.2) is 0 Å². The third-order valence-corrected chi connectivity index (χ3v) is 10.5. The van der Waals surface area contributed by atoms with E-state index in [1.807, 2.05) is 12.1 Å². The Bertz CT molecular complexity index is 2930. The third kappa shape index (κ3) is 5.62. The Morgan fingerprint density at radius 2 is 0.889 bits per heavy atom. The van der Waals surface area contributed by atoms with Gasteiger partial charge in [0.05, 0.1) is 5.69 Å². The first-order valence-electron chi connectivity index (χ1n) is 18.4. The molecule has 10 rings (SSSR count). The fourth-order valence-corrected chi connectivity index (χ4v) is 7.89. The normalized spacial score (nSPS) is 11.3. The molecule has 0 radical (unpaired) electrons. The summed E-state index contributed by atoms with van der Waals surface area (Å²) < 4.78 is 6.43. The minimum absolute atomic E-state index is 0.907. The number of hydrogen-bond donors (Lipinski definition) is 0. The fraction of sp³-hybridized carbons (Fsp3) is 0. The van der Waals surface area contributed by atoms with Gasteiger partial charge in [0.25, 0.3) is 0 Å². The molecular weight excluding hydrogens is 655 g/mol. The van der Waals surface area contributed by atoms with Crippen LogP contribution in [0.2, 0.25) is 0 Å². The van der Waals surface area contributed by atoms with E-state index in [4.69, 9.17) is 4.42 Å². The van der Waals surface area contributed by atoms with E-state index in [0.717, 1.165) is 61.3 Å². The Hall–Kier alpha value is -7.16. The molecule has 1 heterocycles. The largest absolute Gasteiger partial charge is 0.455 e. The second-order valence-corrected chi connectivity index (χ2v) is 13.7. The maximum absolute atomic E-state index is 6.43. The summed E-state index contributed by atoms with van der Waals surface area (Å²) in [5.41, 5.74) is 14.4. The van der Waals surface area contributed by atoms with E-state index in [1.165, 1.54) is 33.0 Å². The zero-order valence-electron chi connectivity index (χ0n) is 29.6. The molecule has 1 aromatic heterocycles. The summed E-state index contributed by atoms with van der Waals surface area (Å²) in [6.07, 6.45) is 0. The third-order valence-electron chi connectivity index (χ3n) is 10.5. The van der Waals surface area contributed by atoms with E-state index in [1.54, 1.807) is 0 Å². The predicted molar refractivity (Wildman–Crippen MR) is 228 cm³/mol. The van der Waals surface area contributed by atoms with Crippen LogP contribution >= 0.6 is 0 Å². The maximum atomic E-state index is 6.43. The summed E-state index contributed by atoms with van der Waals surface area (Å²) in [6, 6.07) is 75.9. The average Bonchev–Trinajstić information content (AvgIpc) is 3.64. The van der Waals surface area contributed by atoms with Gasteiger partial charge in [-0.3, -0.25) is 0 Å². The molecule has 0 aliphatic rings. The minimum Gasteiger partial charge on any atom is -0.455 e. The van der Waals surface area contributed by atoms with Gasteiger partial charge < -0.3 is 9.32 Å². The molecule has 0 N–H and O–H groups in total. The lowest BCUT2D eigenvalue weighted by Crippen LogP contribution is -2.11. The Morgan fingerprint density at radius 1 is 0.315 bits per heavy atom. The molecule has 10 aromatic rings. The summed E-state index contributed by atoms with van der Waals surface area (Å²) in [5.74, 6) is 0. The Kier molecular flexibility index (Phi) is 7.85. The lowest BCUT2D eigenvalue weighted by Gasteiger charge is -2.28. The maximum Gasteiger partial charge on any atom is 0.143 e. The van der Waals surface area contributed by atoms with Crippen molar-refractivity contribution >= 4 is 49.8 Å². The van der Waals surface area contributed by atoms with Gasteiger partial charge in [0.1, 0.15) is 11.2 Å². The van der Waals surface area contributed by atoms with Crippen LogP contribution < -0.4 is 4.90 Å². The lowest BCUT2D eigenvalue weighted by atomic mass is 9.96. The number of furan rings is 1. The topological polar surface area (TPSA) is 16.4 Å². The molecule has 0 saturated heterocycles. The van der Waals surface area contributed by atoms with Gasteiger partial charge in [0.2, 0.25) is 0 Å². The highest BCUT2D eigenvalue weighted by molar-refractivity contribution is 6.09. The van der Waals surface area contributed by atoms with Gasteiger partial charge in [-0.2, -0.15) is 0 Å². The van der Waals surface area contributed by atoms with Crippen molar-refractivity contribution in [1.82, 2.24) is 0 Å². The zero-order chi connectivity index (χ0) is 35.8. The van der Waals surface area contributed by atoms with Crippen LogP contribution in [0.3, 0.4) is 0 Å². The smallest absolute Gasteiger partial charge is 0.143 e. The molecule has 0 spiro atoms. The molecule has 0 bridgehead atoms. The molecule has 0 aliphatic carbocycles. The van der Waals surface area contributed by atoms with Crippen LogP contribution in [0.4, 0.5) is 17.1 Å². The number of fused-ring (bicyclic) bond motifs is 4. The van der Waals surface area contributed by atoms with Crippen LogP contribution in [0.1, 0.15) is 0 Å². The van der Waals surface area contributed by atoms with Crippen molar-refractivity contribution < 1.29 is 4.42 Å². The van der Waals surface area contributed by atoms with Crippen LogP contribution in [-0.2, 0) is 0 Å². The van der Waals surface area contributed by atoms with Crippen molar-refractivity contribution in [3.63, 3.8) is 0 Å². The van der Waals surface area contributed by atoms with Crippen molar-refractivity contribution in [2.45, 2.75) is 0 Å². The van der Waals surface area contributed by atoms with Gasteiger partial charge in [-0.1, -0.05) is 170 Å². The molecular formula is C52H35NO. The van der Waals surface area contributed by atoms with E-state index in [0.29, 0.717) is 0 Å². The monoisotopic (exact) mass is 689 g/mol. The van der Waals surface area contributed by atoms with Gasteiger partial charge in [0, 0.05) is 33.3 Å². The first kappa shape index (κ1) is 31.6. The first-order valence-corrected chi connectivity index (χ1v) is 18.4. The average molecular weight is 690 g/mol. The number of nitrogens with zero attached hydrogens (tertiary/aromatic N) is 1. The van der Waals surface area contributed by atoms with Crippen LogP contribution in [0.25, 0.3) is 77.2 Å². The summed E-state index contributed by atoms with van der Waals surface area (Å²) in [6.45, 7) is 0. The van der Waals surface area contributed by atoms with E-state index >= 15 is 0 Å². The molecule has 0 saturated carbocycles. The highest BCUT2D eigenvalue weighted by Crippen LogP contribution is 2.43. The highest BCUT2D eigenvalue weighted by Gasteiger charge is 2.19. The molecule has 0 fully saturated rings. The SMILES string of the molecule is c1ccc(-c2ccccc2N(c2ccc(-c3cccc4ccccc34)cc2)c2cccc(-c3cccc(-c4cccc5c4oc4ccccc45)c3)c2)cc1. The van der Waals surface area contributed by atoms with Crippen molar-refractivity contribution in [3.8, 4) is 44.5 Å². The number of para-hydroxylation sites is 3. The summed E-state index contributed by atoms with van der Waals surface area (Å²) in [5, 5.41) is 4.77. The van der Waals surface area contributed by atoms with Crippen molar-refractivity contribution in [1.29, 1.82) is 0 Å². The minimum atomic E-state index is 0.907. The van der Waals surface area contributed by atoms with E-state index in [9.17, 15) is 0 Å². The van der Waals surface area contributed by atoms with Crippen LogP contribution in [0.15, 0.2) is 217 Å². The van der Waals surface area contributed by atoms with Gasteiger partial charge in [0.15, 0.2) is 0 Å². The number of hydrogen-bond acceptors (Lipinski definition) is 2. The summed E-state index contributed by atoms with van der Waals surface area (Å²) in [7, 11) is 0. The molecule has 254 valence electrons. The zero-order valence-corrected chi connectivity index (χ0v) is 29.6. The highest BCUT2D eigenvalue weighted by atomic mass is 16.3. The van der Waals surface area contributed by atoms with Crippen LogP contribution in [-0.4, -0.2) is 0 Å². The van der Waals surface area contributed by atoms with Crippen LogP contribution in [0.5, 0.6) is 0 Å². The fourth-order valence-electron chi connectivity index (χ4n) is 7.89. The van der Waals surface area contributed by atoms with E-state index in [2.05, 4.69) is 205 Å². The van der Waals surface area contributed by atoms with Gasteiger partial charge in [-0.15, -0.1) is 0 Å². The van der Waals surface area contributed by atoms with Gasteiger partial charge in [-0.05, 0) is 86.6 Å². The molecule has 2 heteroatoms. The Balaban J connectivity index is 1.09. The van der Waals surface area contributed by atoms with E-state index in [-0.39, 0.29) is 0 Å². The van der Waals surface area contributed by atoms with Crippen molar-refractivity contribution in [2.75, 3.05) is 4.90 Å². The van der Waals surface area contributed by atoms with Crippen molar-refractivity contribution in [2.24, 2.45) is 0 Å². The lowest BCUT2D eigenvalue weighted by molar-refractivity contribution is 0.670. The summed E-state index contributed by atoms with van der Waals surface area (Å²) >= 11 is 0. The molecule has 9 aromatic carbocycles. The Morgan fingerprint density at radius 3 is 1.78 bits per heavy atom. The summed E-state index contributed by atoms with van der Waals surface area (Å²) in [4.78, 5) is 2.39. The predicted octanol–water partition coefficient (Wildman–Crippen LogP) is 14.9. The molecule has 0 atom stereocenters. The molecule has 0 aliphatic heterocycles. The van der Waals surface area contributed by atoms with Gasteiger partial charge >= 0.3 is 0 Å². The first-order chi connectivity index (χ1) is 26.8. The molecule has 0 amide bonds. The molecule has 54 heavy (non-hydrogen) atoms. The van der Waals surface area contributed by atoms with E-state index < -0.39 is 0 Å². The number of anilines is 3. The second-order valence-electron chi connectivity index (χ2n) is 13.7. The number of benzene rings is 9. The second kappa shape index (κ2) is 13.4. The molecule has 0 unspecified atom stereocenters. The van der Waals surface area contributed by atoms with Crippen LogP contribution in [0, 0.1) is 0 Å². The Labute approximate surface area is 314 Å². The molecule has 2 nitrogen and oxygen atoms in total. The number of rotatable bonds is 7. The quantitative estimate of drug-likeness (QED) is 0.166.